The van der Waals surface area contributed by atoms with Crippen molar-refractivity contribution >= 4 is 23.5 Å². The molecule has 2 saturated carbocycles. The second kappa shape index (κ2) is 5.34. The minimum atomic E-state index is 0.758. The predicted molar refractivity (Wildman–Crippen MR) is 88.4 cm³/mol. The van der Waals surface area contributed by atoms with Gasteiger partial charge >= 0.3 is 0 Å². The molecule has 2 aromatic rings. The summed E-state index contributed by atoms with van der Waals surface area (Å²) in [6.07, 6.45) is 2.61. The number of hydrogen-bond donors (Lipinski definition) is 0. The van der Waals surface area contributed by atoms with E-state index in [9.17, 15) is 0 Å². The summed E-state index contributed by atoms with van der Waals surface area (Å²) in [4.78, 5) is 2.81. The van der Waals surface area contributed by atoms with Gasteiger partial charge in [-0.2, -0.15) is 0 Å². The third kappa shape index (κ3) is 2.82. The van der Waals surface area contributed by atoms with E-state index in [1.54, 1.807) is 11.1 Å². The van der Waals surface area contributed by atoms with Gasteiger partial charge < -0.3 is 0 Å². The molecule has 0 N–H and O–H groups in total. The molecule has 100 valence electrons. The minimum absolute atomic E-state index is 0.758. The molecule has 20 heavy (non-hydrogen) atoms. The quantitative estimate of drug-likeness (QED) is 0.692. The van der Waals surface area contributed by atoms with Gasteiger partial charge in [0, 0.05) is 20.3 Å². The van der Waals surface area contributed by atoms with Crippen LogP contribution in [0.4, 0.5) is 0 Å². The molecule has 2 fully saturated rings. The first-order valence-corrected chi connectivity index (χ1v) is 8.81. The van der Waals surface area contributed by atoms with E-state index in [0.717, 1.165) is 10.5 Å². The molecular weight excluding hydrogens is 280 g/mol. The van der Waals surface area contributed by atoms with E-state index in [1.165, 1.54) is 22.6 Å². The molecule has 2 atom stereocenters. The molecule has 0 saturated heterocycles. The molecule has 0 nitrogen and oxygen atoms in total. The summed E-state index contributed by atoms with van der Waals surface area (Å²) in [5.74, 6) is 0. The summed E-state index contributed by atoms with van der Waals surface area (Å²) in [7, 11) is 0. The van der Waals surface area contributed by atoms with E-state index < -0.39 is 0 Å². The lowest BCUT2D eigenvalue weighted by atomic mass is 10.4. The fourth-order valence-corrected chi connectivity index (χ4v) is 4.91. The summed E-state index contributed by atoms with van der Waals surface area (Å²) in [5, 5.41) is 1.52. The standard InChI is InChI=1S/C18H16S2/c1-3-7-13(8-4-1)19-17-11-15(17)16-12-18(16)20-14-9-5-2-6-10-14/h1-10,17-18H,11-12H2/b16-15+. The molecule has 0 spiro atoms. The highest BCUT2D eigenvalue weighted by molar-refractivity contribution is 8.01. The van der Waals surface area contributed by atoms with Crippen molar-refractivity contribution in [3.05, 3.63) is 71.8 Å². The summed E-state index contributed by atoms with van der Waals surface area (Å²) >= 11 is 4.05. The van der Waals surface area contributed by atoms with Crippen molar-refractivity contribution in [2.75, 3.05) is 0 Å². The zero-order chi connectivity index (χ0) is 13.4. The maximum atomic E-state index is 2.22. The number of thioether (sulfide) groups is 2. The molecule has 2 aliphatic rings. The molecule has 0 radical (unpaired) electrons. The topological polar surface area (TPSA) is 0 Å². The fraction of sp³-hybridized carbons (Fsp3) is 0.222. The van der Waals surface area contributed by atoms with Crippen LogP contribution in [0.3, 0.4) is 0 Å². The van der Waals surface area contributed by atoms with Crippen molar-refractivity contribution in [1.29, 1.82) is 0 Å². The van der Waals surface area contributed by atoms with E-state index >= 15 is 0 Å². The highest BCUT2D eigenvalue weighted by Crippen LogP contribution is 2.56. The Balaban J connectivity index is 1.37. The van der Waals surface area contributed by atoms with E-state index in [2.05, 4.69) is 60.7 Å². The highest BCUT2D eigenvalue weighted by Gasteiger charge is 2.43. The van der Waals surface area contributed by atoms with Gasteiger partial charge in [-0.3, -0.25) is 0 Å². The minimum Gasteiger partial charge on any atom is -0.118 e. The van der Waals surface area contributed by atoms with Crippen molar-refractivity contribution in [2.24, 2.45) is 0 Å². The average Bonchev–Trinajstić information content (AvgIpc) is 3.38. The second-order valence-corrected chi connectivity index (χ2v) is 7.85. The van der Waals surface area contributed by atoms with E-state index in [-0.39, 0.29) is 0 Å². The maximum Gasteiger partial charge on any atom is 0.0345 e. The van der Waals surface area contributed by atoms with Crippen LogP contribution in [-0.2, 0) is 0 Å². The van der Waals surface area contributed by atoms with Crippen LogP contribution < -0.4 is 0 Å². The van der Waals surface area contributed by atoms with Crippen LogP contribution in [0.25, 0.3) is 0 Å². The molecule has 2 aromatic carbocycles. The lowest BCUT2D eigenvalue weighted by Gasteiger charge is -1.97. The van der Waals surface area contributed by atoms with Gasteiger partial charge in [-0.05, 0) is 37.1 Å². The van der Waals surface area contributed by atoms with Gasteiger partial charge in [-0.25, -0.2) is 0 Å². The Hall–Kier alpha value is -1.12. The molecule has 0 aliphatic heterocycles. The first-order chi connectivity index (χ1) is 9.90. The lowest BCUT2D eigenvalue weighted by Crippen LogP contribution is -1.77. The van der Waals surface area contributed by atoms with Crippen LogP contribution in [-0.4, -0.2) is 10.5 Å². The summed E-state index contributed by atoms with van der Waals surface area (Å²) in [6, 6.07) is 21.6. The molecule has 0 bridgehead atoms. The lowest BCUT2D eigenvalue weighted by molar-refractivity contribution is 1.42. The summed E-state index contributed by atoms with van der Waals surface area (Å²) in [5.41, 5.74) is 3.46. The van der Waals surface area contributed by atoms with E-state index in [1.807, 2.05) is 23.5 Å². The van der Waals surface area contributed by atoms with Gasteiger partial charge in [-0.15, -0.1) is 23.5 Å². The van der Waals surface area contributed by atoms with Crippen LogP contribution in [0.15, 0.2) is 81.6 Å². The van der Waals surface area contributed by atoms with Crippen LogP contribution in [0.5, 0.6) is 0 Å². The zero-order valence-electron chi connectivity index (χ0n) is 11.2. The molecule has 0 aromatic heterocycles. The Morgan fingerprint density at radius 2 is 1.00 bits per heavy atom. The second-order valence-electron chi connectivity index (χ2n) is 5.30. The smallest absolute Gasteiger partial charge is 0.0345 e. The van der Waals surface area contributed by atoms with Crippen molar-refractivity contribution in [1.82, 2.24) is 0 Å². The fourth-order valence-electron chi connectivity index (χ4n) is 2.51. The average molecular weight is 296 g/mol. The monoisotopic (exact) mass is 296 g/mol. The van der Waals surface area contributed by atoms with Crippen molar-refractivity contribution in [3.63, 3.8) is 0 Å². The van der Waals surface area contributed by atoms with Gasteiger partial charge in [0.05, 0.1) is 0 Å². The van der Waals surface area contributed by atoms with Crippen LogP contribution in [0.1, 0.15) is 12.8 Å². The molecule has 0 amide bonds. The van der Waals surface area contributed by atoms with Gasteiger partial charge in [0.15, 0.2) is 0 Å². The van der Waals surface area contributed by atoms with Crippen LogP contribution >= 0.6 is 23.5 Å². The summed E-state index contributed by atoms with van der Waals surface area (Å²) < 4.78 is 0. The molecule has 0 heterocycles. The zero-order valence-corrected chi connectivity index (χ0v) is 12.8. The Morgan fingerprint density at radius 1 is 0.600 bits per heavy atom. The first kappa shape index (κ1) is 12.6. The first-order valence-electron chi connectivity index (χ1n) is 7.05. The Labute approximate surface area is 128 Å². The maximum absolute atomic E-state index is 2.22. The van der Waals surface area contributed by atoms with Gasteiger partial charge in [0.2, 0.25) is 0 Å². The highest BCUT2D eigenvalue weighted by atomic mass is 32.2. The van der Waals surface area contributed by atoms with Crippen LogP contribution in [0, 0.1) is 0 Å². The number of hydrogen-bond acceptors (Lipinski definition) is 2. The number of benzene rings is 2. The Morgan fingerprint density at radius 3 is 1.40 bits per heavy atom. The van der Waals surface area contributed by atoms with Gasteiger partial charge in [0.25, 0.3) is 0 Å². The molecule has 2 unspecified atom stereocenters. The molecule has 2 aliphatic carbocycles. The third-order valence-electron chi connectivity index (χ3n) is 3.72. The van der Waals surface area contributed by atoms with Crippen molar-refractivity contribution in [2.45, 2.75) is 33.1 Å². The van der Waals surface area contributed by atoms with Gasteiger partial charge in [0.1, 0.15) is 0 Å². The van der Waals surface area contributed by atoms with E-state index in [4.69, 9.17) is 0 Å². The van der Waals surface area contributed by atoms with Crippen molar-refractivity contribution < 1.29 is 0 Å². The Bertz CT molecular complexity index is 573. The summed E-state index contributed by atoms with van der Waals surface area (Å²) in [6.45, 7) is 0. The third-order valence-corrected chi connectivity index (χ3v) is 6.28. The van der Waals surface area contributed by atoms with E-state index in [0.29, 0.717) is 0 Å². The normalized spacial score (nSPS) is 27.4. The predicted octanol–water partition coefficient (Wildman–Crippen LogP) is 5.41. The largest absolute Gasteiger partial charge is 0.118 e. The van der Waals surface area contributed by atoms with Gasteiger partial charge in [-0.1, -0.05) is 47.5 Å². The SMILES string of the molecule is c1ccc(SC2C/C2=C2/CC2Sc2ccccc2)cc1. The van der Waals surface area contributed by atoms with Crippen molar-refractivity contribution in [3.8, 4) is 0 Å². The molecule has 2 heteroatoms. The van der Waals surface area contributed by atoms with Crippen LogP contribution in [0.2, 0.25) is 0 Å². The Kier molecular flexibility index (Phi) is 3.37. The molecular formula is C18H16S2. The number of rotatable bonds is 4. The molecule has 4 rings (SSSR count).